The molecule has 4 heteroatoms. The Hall–Kier alpha value is -1.55. The molecular formula is C18H32N4. The molecule has 22 heavy (non-hydrogen) atoms. The smallest absolute Gasteiger partial charge is 0.191 e. The minimum absolute atomic E-state index is 0.00256. The molecule has 0 aliphatic rings. The molecule has 4 nitrogen and oxygen atoms in total. The van der Waals surface area contributed by atoms with Crippen LogP contribution in [0.2, 0.25) is 0 Å². The van der Waals surface area contributed by atoms with Crippen LogP contribution in [0.1, 0.15) is 45.7 Å². The lowest BCUT2D eigenvalue weighted by molar-refractivity contribution is 0.295. The Labute approximate surface area is 136 Å². The molecule has 1 aromatic rings. The molecule has 0 aliphatic carbocycles. The molecule has 1 aromatic carbocycles. The maximum absolute atomic E-state index is 4.30. The molecular weight excluding hydrogens is 272 g/mol. The second kappa shape index (κ2) is 8.79. The first-order valence-corrected chi connectivity index (χ1v) is 8.17. The van der Waals surface area contributed by atoms with Crippen LogP contribution in [0, 0.1) is 0 Å². The van der Waals surface area contributed by atoms with Crippen molar-refractivity contribution in [1.82, 2.24) is 15.5 Å². The Morgan fingerprint density at radius 1 is 1.09 bits per heavy atom. The summed E-state index contributed by atoms with van der Waals surface area (Å²) in [5.74, 6) is 0.838. The lowest BCUT2D eigenvalue weighted by atomic mass is 10.1. The third kappa shape index (κ3) is 6.48. The van der Waals surface area contributed by atoms with Gasteiger partial charge in [-0.15, -0.1) is 0 Å². The van der Waals surface area contributed by atoms with E-state index < -0.39 is 0 Å². The first kappa shape index (κ1) is 18.5. The van der Waals surface area contributed by atoms with Crippen LogP contribution in [0.5, 0.6) is 0 Å². The molecule has 0 radical (unpaired) electrons. The Morgan fingerprint density at radius 2 is 1.68 bits per heavy atom. The second-order valence-corrected chi connectivity index (χ2v) is 6.53. The van der Waals surface area contributed by atoms with Crippen molar-refractivity contribution in [3.63, 3.8) is 0 Å². The van der Waals surface area contributed by atoms with Gasteiger partial charge in [0.1, 0.15) is 0 Å². The first-order chi connectivity index (χ1) is 10.4. The predicted molar refractivity (Wildman–Crippen MR) is 96.2 cm³/mol. The average Bonchev–Trinajstić information content (AvgIpc) is 2.48. The number of guanidine groups is 1. The van der Waals surface area contributed by atoms with Crippen LogP contribution in [0.4, 0.5) is 0 Å². The number of hydrogen-bond donors (Lipinski definition) is 2. The van der Waals surface area contributed by atoms with E-state index in [9.17, 15) is 0 Å². The van der Waals surface area contributed by atoms with Crippen molar-refractivity contribution in [2.45, 2.75) is 53.2 Å². The summed E-state index contributed by atoms with van der Waals surface area (Å²) in [5, 5.41) is 6.80. The first-order valence-electron chi connectivity index (χ1n) is 8.17. The van der Waals surface area contributed by atoms with Crippen LogP contribution in [0.3, 0.4) is 0 Å². The van der Waals surface area contributed by atoms with Gasteiger partial charge >= 0.3 is 0 Å². The molecule has 0 unspecified atom stereocenters. The minimum Gasteiger partial charge on any atom is -0.352 e. The third-order valence-corrected chi connectivity index (χ3v) is 3.57. The number of rotatable bonds is 6. The van der Waals surface area contributed by atoms with Crippen molar-refractivity contribution in [2.24, 2.45) is 4.99 Å². The summed E-state index contributed by atoms with van der Waals surface area (Å²) in [5.41, 5.74) is 2.71. The van der Waals surface area contributed by atoms with Gasteiger partial charge in [0.2, 0.25) is 0 Å². The van der Waals surface area contributed by atoms with Gasteiger partial charge in [-0.2, -0.15) is 0 Å². The standard InChI is InChI=1S/C18H32N4/c1-7-22(8-2)14-16-12-10-9-11-15(16)13-20-17(19-6)21-18(3,4)5/h9-12H,7-8,13-14H2,1-6H3,(H2,19,20,21). The van der Waals surface area contributed by atoms with Crippen molar-refractivity contribution in [3.8, 4) is 0 Å². The molecule has 0 atom stereocenters. The van der Waals surface area contributed by atoms with Crippen molar-refractivity contribution < 1.29 is 0 Å². The lowest BCUT2D eigenvalue weighted by Gasteiger charge is -2.24. The van der Waals surface area contributed by atoms with Gasteiger partial charge in [0, 0.05) is 25.7 Å². The normalized spacial score (nSPS) is 12.6. The summed E-state index contributed by atoms with van der Waals surface area (Å²) in [6, 6.07) is 8.62. The van der Waals surface area contributed by atoms with Gasteiger partial charge in [0.05, 0.1) is 0 Å². The van der Waals surface area contributed by atoms with E-state index in [1.807, 2.05) is 7.05 Å². The quantitative estimate of drug-likeness (QED) is 0.627. The van der Waals surface area contributed by atoms with E-state index in [-0.39, 0.29) is 5.54 Å². The molecule has 0 bridgehead atoms. The van der Waals surface area contributed by atoms with Gasteiger partial charge in [-0.25, -0.2) is 0 Å². The van der Waals surface area contributed by atoms with Gasteiger partial charge < -0.3 is 10.6 Å². The van der Waals surface area contributed by atoms with E-state index in [2.05, 4.69) is 79.4 Å². The van der Waals surface area contributed by atoms with E-state index in [4.69, 9.17) is 0 Å². The highest BCUT2D eigenvalue weighted by atomic mass is 15.2. The highest BCUT2D eigenvalue weighted by Gasteiger charge is 2.12. The summed E-state index contributed by atoms with van der Waals surface area (Å²) in [4.78, 5) is 6.73. The summed E-state index contributed by atoms with van der Waals surface area (Å²) >= 11 is 0. The fraction of sp³-hybridized carbons (Fsp3) is 0.611. The number of nitrogens with zero attached hydrogens (tertiary/aromatic N) is 2. The van der Waals surface area contributed by atoms with Crippen molar-refractivity contribution in [1.29, 1.82) is 0 Å². The Morgan fingerprint density at radius 3 is 2.18 bits per heavy atom. The number of benzene rings is 1. The van der Waals surface area contributed by atoms with Crippen molar-refractivity contribution in [2.75, 3.05) is 20.1 Å². The van der Waals surface area contributed by atoms with E-state index in [1.54, 1.807) is 0 Å². The zero-order chi connectivity index (χ0) is 16.6. The molecule has 2 N–H and O–H groups in total. The summed E-state index contributed by atoms with van der Waals surface area (Å²) < 4.78 is 0. The highest BCUT2D eigenvalue weighted by molar-refractivity contribution is 5.80. The van der Waals surface area contributed by atoms with Gasteiger partial charge in [-0.05, 0) is 45.0 Å². The molecule has 124 valence electrons. The fourth-order valence-electron chi connectivity index (χ4n) is 2.29. The third-order valence-electron chi connectivity index (χ3n) is 3.57. The SMILES string of the molecule is CCN(CC)Cc1ccccc1CNC(=NC)NC(C)(C)C. The van der Waals surface area contributed by atoms with Crippen LogP contribution in [-0.4, -0.2) is 36.5 Å². The molecule has 0 spiro atoms. The summed E-state index contributed by atoms with van der Waals surface area (Å²) in [6.45, 7) is 14.7. The van der Waals surface area contributed by atoms with Gasteiger partial charge in [0.25, 0.3) is 0 Å². The van der Waals surface area contributed by atoms with Gasteiger partial charge in [-0.3, -0.25) is 9.89 Å². The van der Waals surface area contributed by atoms with Gasteiger partial charge in [-0.1, -0.05) is 38.1 Å². The molecule has 0 saturated heterocycles. The molecule has 0 heterocycles. The average molecular weight is 304 g/mol. The largest absolute Gasteiger partial charge is 0.352 e. The number of aliphatic imine (C=N–C) groups is 1. The fourth-order valence-corrected chi connectivity index (χ4v) is 2.29. The maximum atomic E-state index is 4.30. The predicted octanol–water partition coefficient (Wildman–Crippen LogP) is 2.99. The van der Waals surface area contributed by atoms with Crippen molar-refractivity contribution >= 4 is 5.96 Å². The van der Waals surface area contributed by atoms with Crippen LogP contribution in [0.25, 0.3) is 0 Å². The Balaban J connectivity index is 2.73. The van der Waals surface area contributed by atoms with Crippen LogP contribution in [-0.2, 0) is 13.1 Å². The number of nitrogens with one attached hydrogen (secondary N) is 2. The van der Waals surface area contributed by atoms with E-state index in [0.29, 0.717) is 0 Å². The molecule has 0 fully saturated rings. The molecule has 0 aliphatic heterocycles. The molecule has 0 amide bonds. The van der Waals surface area contributed by atoms with E-state index >= 15 is 0 Å². The molecule has 0 aromatic heterocycles. The van der Waals surface area contributed by atoms with Crippen LogP contribution in [0.15, 0.2) is 29.3 Å². The maximum Gasteiger partial charge on any atom is 0.191 e. The van der Waals surface area contributed by atoms with Crippen LogP contribution >= 0.6 is 0 Å². The Bertz CT molecular complexity index is 470. The summed E-state index contributed by atoms with van der Waals surface area (Å²) in [6.07, 6.45) is 0. The van der Waals surface area contributed by atoms with Crippen LogP contribution < -0.4 is 10.6 Å². The highest BCUT2D eigenvalue weighted by Crippen LogP contribution is 2.11. The summed E-state index contributed by atoms with van der Waals surface area (Å²) in [7, 11) is 1.81. The second-order valence-electron chi connectivity index (χ2n) is 6.53. The zero-order valence-corrected chi connectivity index (χ0v) is 15.0. The monoisotopic (exact) mass is 304 g/mol. The number of hydrogen-bond acceptors (Lipinski definition) is 2. The zero-order valence-electron chi connectivity index (χ0n) is 15.0. The van der Waals surface area contributed by atoms with E-state index in [1.165, 1.54) is 11.1 Å². The van der Waals surface area contributed by atoms with Gasteiger partial charge in [0.15, 0.2) is 5.96 Å². The minimum atomic E-state index is 0.00256. The van der Waals surface area contributed by atoms with Crippen molar-refractivity contribution in [3.05, 3.63) is 35.4 Å². The van der Waals surface area contributed by atoms with E-state index in [0.717, 1.165) is 32.1 Å². The topological polar surface area (TPSA) is 39.7 Å². The molecule has 0 saturated carbocycles. The Kier molecular flexibility index (Phi) is 7.39. The lowest BCUT2D eigenvalue weighted by Crippen LogP contribution is -2.47. The molecule has 1 rings (SSSR count).